The van der Waals surface area contributed by atoms with E-state index in [9.17, 15) is 23.9 Å². The Hall–Kier alpha value is -8.57. The quantitative estimate of drug-likeness (QED) is 0.106. The average Bonchev–Trinajstić information content (AvgIpc) is 3.94. The predicted octanol–water partition coefficient (Wildman–Crippen LogP) is 9.77. The number of phenolic OH excluding ortho intramolecular Hbond substituents is 1. The molecule has 10 rings (SSSR count). The van der Waals surface area contributed by atoms with Gasteiger partial charge in [0.1, 0.15) is 34.4 Å². The van der Waals surface area contributed by atoms with Crippen molar-refractivity contribution >= 4 is 34.8 Å². The van der Waals surface area contributed by atoms with Gasteiger partial charge in [0.15, 0.2) is 0 Å². The summed E-state index contributed by atoms with van der Waals surface area (Å²) in [6.45, 7) is 4.50. The summed E-state index contributed by atoms with van der Waals surface area (Å²) in [5.74, 6) is 0.839. The van der Waals surface area contributed by atoms with E-state index in [0.29, 0.717) is 62.9 Å². The number of ether oxygens (including phenoxy) is 2. The summed E-state index contributed by atoms with van der Waals surface area (Å²) >= 11 is 12.0. The predicted molar refractivity (Wildman–Crippen MR) is 275 cm³/mol. The molecule has 3 aromatic heterocycles. The van der Waals surface area contributed by atoms with E-state index in [-0.39, 0.29) is 35.5 Å². The molecule has 72 heavy (non-hydrogen) atoms. The zero-order valence-corrected chi connectivity index (χ0v) is 40.0. The number of carbonyl (C=O) groups excluding carboxylic acids is 1. The van der Waals surface area contributed by atoms with Crippen molar-refractivity contribution in [3.63, 3.8) is 0 Å². The Morgan fingerprint density at radius 2 is 1.17 bits per heavy atom. The first-order valence-corrected chi connectivity index (χ1v) is 23.3. The first-order chi connectivity index (χ1) is 35.0. The third-order valence-electron chi connectivity index (χ3n) is 11.5. The monoisotopic (exact) mass is 1000 g/mol. The molecule has 0 bridgehead atoms. The summed E-state index contributed by atoms with van der Waals surface area (Å²) in [5, 5.41) is 25.3. The average molecular weight is 1000 g/mol. The standard InChI is InChI=1S/C29H27ClFN5O3.C25H17ClN4O3/c1-19(37)33-17-22-16-21(4-11-26(22)31)20-2-9-25(10-3-20)39-28-27(35-14-12-32-13-15-35)18-34-36(29(28)38)24-7-5-23(30)6-8-24;26-19-5-7-20(8-6-19)30-25(32)24(23(15-28-30)29-14-13-27-16-29)33-22-11-3-18(4-12-22)17-1-9-21(31)10-2-17/h2-11,16,18,32H,12-15,17H2,1H3,(H,33,37);1-16,31H. The third-order valence-corrected chi connectivity index (χ3v) is 12.0. The molecule has 4 heterocycles. The lowest BCUT2D eigenvalue weighted by Gasteiger charge is -2.30. The second-order valence-electron chi connectivity index (χ2n) is 16.3. The molecule has 0 saturated carbocycles. The fraction of sp³-hybridized carbons (Fsp3) is 0.111. The van der Waals surface area contributed by atoms with Crippen LogP contribution in [0.15, 0.2) is 180 Å². The number of halogens is 3. The number of hydrogen-bond acceptors (Lipinski definition) is 11. The van der Waals surface area contributed by atoms with Crippen molar-refractivity contribution in [2.75, 3.05) is 31.1 Å². The number of phenols is 1. The van der Waals surface area contributed by atoms with E-state index in [1.807, 2.05) is 36.4 Å². The number of rotatable bonds is 12. The van der Waals surface area contributed by atoms with Crippen molar-refractivity contribution in [1.82, 2.24) is 39.7 Å². The number of benzene rings is 6. The number of piperazine rings is 1. The summed E-state index contributed by atoms with van der Waals surface area (Å²) in [4.78, 5) is 44.4. The maximum Gasteiger partial charge on any atom is 0.316 e. The highest BCUT2D eigenvalue weighted by Crippen LogP contribution is 2.32. The fourth-order valence-electron chi connectivity index (χ4n) is 7.73. The van der Waals surface area contributed by atoms with Gasteiger partial charge in [0.25, 0.3) is 0 Å². The number of nitrogens with zero attached hydrogens (tertiary/aromatic N) is 7. The van der Waals surface area contributed by atoms with Gasteiger partial charge < -0.3 is 34.7 Å². The molecule has 1 amide bonds. The molecule has 1 aliphatic rings. The van der Waals surface area contributed by atoms with E-state index in [4.69, 9.17) is 32.7 Å². The van der Waals surface area contributed by atoms with Gasteiger partial charge in [0.05, 0.1) is 30.1 Å². The lowest BCUT2D eigenvalue weighted by Crippen LogP contribution is -2.44. The van der Waals surface area contributed by atoms with Gasteiger partial charge in [-0.25, -0.2) is 9.37 Å². The minimum Gasteiger partial charge on any atom is -0.508 e. The molecule has 0 spiro atoms. The van der Waals surface area contributed by atoms with Crippen molar-refractivity contribution in [3.05, 3.63) is 213 Å². The largest absolute Gasteiger partial charge is 0.508 e. The molecule has 1 fully saturated rings. The van der Waals surface area contributed by atoms with Gasteiger partial charge in [-0.15, -0.1) is 0 Å². The van der Waals surface area contributed by atoms with Gasteiger partial charge in [-0.1, -0.05) is 65.7 Å². The minimum atomic E-state index is -0.425. The molecule has 0 aliphatic carbocycles. The van der Waals surface area contributed by atoms with Crippen molar-refractivity contribution in [2.45, 2.75) is 13.5 Å². The van der Waals surface area contributed by atoms with E-state index in [0.717, 1.165) is 35.3 Å². The summed E-state index contributed by atoms with van der Waals surface area (Å²) < 4.78 is 30.7. The normalized spacial score (nSPS) is 12.1. The number of anilines is 1. The highest BCUT2D eigenvalue weighted by atomic mass is 35.5. The smallest absolute Gasteiger partial charge is 0.316 e. The Bertz CT molecular complexity index is 3440. The van der Waals surface area contributed by atoms with Gasteiger partial charge >= 0.3 is 11.1 Å². The number of hydrogen-bond donors (Lipinski definition) is 3. The first kappa shape index (κ1) is 48.5. The Labute approximate surface area is 421 Å². The molecule has 6 aromatic carbocycles. The molecule has 0 atom stereocenters. The molecule has 9 aromatic rings. The highest BCUT2D eigenvalue weighted by molar-refractivity contribution is 6.30. The van der Waals surface area contributed by atoms with E-state index >= 15 is 0 Å². The van der Waals surface area contributed by atoms with Gasteiger partial charge in [-0.3, -0.25) is 14.4 Å². The molecule has 1 saturated heterocycles. The zero-order chi connectivity index (χ0) is 50.1. The molecule has 0 unspecified atom stereocenters. The number of imidazole rings is 1. The molecular formula is C54H44Cl2FN9O6. The molecule has 15 nitrogen and oxygen atoms in total. The van der Waals surface area contributed by atoms with Crippen LogP contribution in [0, 0.1) is 5.82 Å². The van der Waals surface area contributed by atoms with Crippen LogP contribution in [0.1, 0.15) is 12.5 Å². The summed E-state index contributed by atoms with van der Waals surface area (Å²) in [7, 11) is 0. The van der Waals surface area contributed by atoms with E-state index in [1.54, 1.807) is 133 Å². The van der Waals surface area contributed by atoms with Crippen LogP contribution >= 0.6 is 23.2 Å². The molecule has 3 N–H and O–H groups in total. The summed E-state index contributed by atoms with van der Waals surface area (Å²) in [5.41, 5.74) is 5.32. The summed E-state index contributed by atoms with van der Waals surface area (Å²) in [6, 6.07) is 39.9. The Morgan fingerprint density at radius 3 is 1.68 bits per heavy atom. The lowest BCUT2D eigenvalue weighted by atomic mass is 10.0. The molecule has 1 aliphatic heterocycles. The van der Waals surface area contributed by atoms with Crippen LogP contribution in [-0.4, -0.2) is 66.3 Å². The van der Waals surface area contributed by atoms with Gasteiger partial charge in [-0.2, -0.15) is 19.6 Å². The second-order valence-corrected chi connectivity index (χ2v) is 17.2. The maximum atomic E-state index is 14.2. The Kier molecular flexibility index (Phi) is 14.8. The minimum absolute atomic E-state index is 0.104. The van der Waals surface area contributed by atoms with Gasteiger partial charge in [0.2, 0.25) is 17.4 Å². The van der Waals surface area contributed by atoms with Gasteiger partial charge in [0, 0.05) is 67.6 Å². The molecular weight excluding hydrogens is 961 g/mol. The van der Waals surface area contributed by atoms with Crippen LogP contribution in [0.5, 0.6) is 28.7 Å². The second kappa shape index (κ2) is 22.0. The maximum absolute atomic E-state index is 14.2. The fourth-order valence-corrected chi connectivity index (χ4v) is 7.98. The van der Waals surface area contributed by atoms with Crippen LogP contribution < -0.4 is 36.1 Å². The number of nitrogens with one attached hydrogen (secondary N) is 2. The highest BCUT2D eigenvalue weighted by Gasteiger charge is 2.22. The molecule has 18 heteroatoms. The topological polar surface area (TPSA) is 171 Å². The SMILES string of the molecule is CC(=O)NCc1cc(-c2ccc(Oc3c(N4CCNCC4)cnn(-c4ccc(Cl)cc4)c3=O)cc2)ccc1F.O=c1c(Oc2ccc(-c3ccc(O)cc3)cc2)c(-n2ccnc2)cnn1-c1ccc(Cl)cc1. The van der Waals surface area contributed by atoms with E-state index in [2.05, 4.69) is 30.7 Å². The number of aromatic nitrogens is 6. The van der Waals surface area contributed by atoms with Crippen LogP contribution in [0.3, 0.4) is 0 Å². The van der Waals surface area contributed by atoms with Crippen LogP contribution in [-0.2, 0) is 11.3 Å². The van der Waals surface area contributed by atoms with Crippen molar-refractivity contribution in [2.24, 2.45) is 0 Å². The Morgan fingerprint density at radius 1 is 0.681 bits per heavy atom. The van der Waals surface area contributed by atoms with Crippen molar-refractivity contribution in [3.8, 4) is 68.1 Å². The Balaban J connectivity index is 0.000000180. The lowest BCUT2D eigenvalue weighted by molar-refractivity contribution is -0.119. The number of carbonyl (C=O) groups is 1. The first-order valence-electron chi connectivity index (χ1n) is 22.6. The van der Waals surface area contributed by atoms with E-state index in [1.165, 1.54) is 22.4 Å². The van der Waals surface area contributed by atoms with E-state index < -0.39 is 11.1 Å². The van der Waals surface area contributed by atoms with Crippen molar-refractivity contribution < 1.29 is 23.8 Å². The van der Waals surface area contributed by atoms with Crippen LogP contribution in [0.2, 0.25) is 10.0 Å². The van der Waals surface area contributed by atoms with Crippen LogP contribution in [0.25, 0.3) is 39.3 Å². The third kappa shape index (κ3) is 11.4. The molecule has 362 valence electrons. The summed E-state index contributed by atoms with van der Waals surface area (Å²) in [6.07, 6.45) is 8.10. The molecule has 0 radical (unpaired) electrons. The van der Waals surface area contributed by atoms with Gasteiger partial charge in [-0.05, 0) is 119 Å². The zero-order valence-electron chi connectivity index (χ0n) is 38.5. The number of amides is 1. The van der Waals surface area contributed by atoms with Crippen LogP contribution in [0.4, 0.5) is 10.1 Å². The van der Waals surface area contributed by atoms with Crippen molar-refractivity contribution in [1.29, 1.82) is 0 Å². The number of aromatic hydroxyl groups is 1.